The first-order chi connectivity index (χ1) is 11.1. The molecular formula is C18H11BrClN3. The zero-order valence-electron chi connectivity index (χ0n) is 11.9. The Labute approximate surface area is 147 Å². The Hall–Kier alpha value is -2.35. The van der Waals surface area contributed by atoms with Crippen LogP contribution in [0, 0.1) is 11.3 Å². The normalized spacial score (nSPS) is 10.3. The third-order valence-electron chi connectivity index (χ3n) is 3.46. The molecule has 2 N–H and O–H groups in total. The molecule has 0 atom stereocenters. The number of hydrogen-bond acceptors (Lipinski definition) is 3. The highest BCUT2D eigenvalue weighted by Gasteiger charge is 2.15. The van der Waals surface area contributed by atoms with Crippen LogP contribution in [0.1, 0.15) is 5.56 Å². The highest BCUT2D eigenvalue weighted by Crippen LogP contribution is 2.35. The zero-order chi connectivity index (χ0) is 16.4. The Morgan fingerprint density at radius 1 is 1.04 bits per heavy atom. The molecule has 0 aliphatic rings. The summed E-state index contributed by atoms with van der Waals surface area (Å²) in [6, 6.07) is 19.1. The number of nitrogens with two attached hydrogens (primary N) is 1. The maximum Gasteiger partial charge on any atom is 0.142 e. The van der Waals surface area contributed by atoms with E-state index < -0.39 is 0 Å². The van der Waals surface area contributed by atoms with Crippen LogP contribution in [0.5, 0.6) is 0 Å². The van der Waals surface area contributed by atoms with Crippen molar-refractivity contribution < 1.29 is 0 Å². The van der Waals surface area contributed by atoms with Crippen LogP contribution in [0.3, 0.4) is 0 Å². The smallest absolute Gasteiger partial charge is 0.142 e. The molecule has 3 rings (SSSR count). The third-order valence-corrected chi connectivity index (χ3v) is 4.41. The Morgan fingerprint density at radius 3 is 2.39 bits per heavy atom. The molecule has 2 aromatic carbocycles. The van der Waals surface area contributed by atoms with Gasteiger partial charge in [0.2, 0.25) is 0 Å². The van der Waals surface area contributed by atoms with Gasteiger partial charge in [-0.25, -0.2) is 4.98 Å². The summed E-state index contributed by atoms with van der Waals surface area (Å²) in [5.41, 5.74) is 9.61. The van der Waals surface area contributed by atoms with Gasteiger partial charge in [0.05, 0.1) is 5.69 Å². The summed E-state index contributed by atoms with van der Waals surface area (Å²) in [4.78, 5) is 4.36. The topological polar surface area (TPSA) is 62.7 Å². The molecule has 23 heavy (non-hydrogen) atoms. The zero-order valence-corrected chi connectivity index (χ0v) is 14.3. The molecule has 0 aliphatic carbocycles. The second-order valence-electron chi connectivity index (χ2n) is 4.91. The van der Waals surface area contributed by atoms with Gasteiger partial charge in [-0.1, -0.05) is 57.9 Å². The first-order valence-electron chi connectivity index (χ1n) is 6.81. The lowest BCUT2D eigenvalue weighted by Gasteiger charge is -2.11. The number of pyridine rings is 1. The van der Waals surface area contributed by atoms with Gasteiger partial charge in [-0.15, -0.1) is 0 Å². The van der Waals surface area contributed by atoms with Crippen molar-refractivity contribution in [2.45, 2.75) is 0 Å². The molecule has 5 heteroatoms. The first kappa shape index (κ1) is 15.5. The van der Waals surface area contributed by atoms with Gasteiger partial charge in [0.1, 0.15) is 17.5 Å². The number of hydrogen-bond donors (Lipinski definition) is 1. The van der Waals surface area contributed by atoms with Gasteiger partial charge >= 0.3 is 0 Å². The number of anilines is 1. The summed E-state index contributed by atoms with van der Waals surface area (Å²) >= 11 is 9.45. The molecule has 3 aromatic rings. The Morgan fingerprint density at radius 2 is 1.74 bits per heavy atom. The van der Waals surface area contributed by atoms with Crippen molar-refractivity contribution in [3.8, 4) is 28.5 Å². The largest absolute Gasteiger partial charge is 0.383 e. The lowest BCUT2D eigenvalue weighted by Crippen LogP contribution is -2.00. The molecule has 3 nitrogen and oxygen atoms in total. The molecule has 1 heterocycles. The highest BCUT2D eigenvalue weighted by atomic mass is 79.9. The van der Waals surface area contributed by atoms with Crippen LogP contribution in [0.2, 0.25) is 5.02 Å². The number of halogens is 2. The summed E-state index contributed by atoms with van der Waals surface area (Å²) in [6.07, 6.45) is 0. The molecule has 0 bridgehead atoms. The SMILES string of the molecule is N#Cc1c(-c2ccccc2Br)cc(-c2ccc(Cl)cc2)nc1N. The Kier molecular flexibility index (Phi) is 4.33. The van der Waals surface area contributed by atoms with Crippen molar-refractivity contribution in [2.75, 3.05) is 5.73 Å². The van der Waals surface area contributed by atoms with Crippen molar-refractivity contribution in [3.63, 3.8) is 0 Å². The van der Waals surface area contributed by atoms with E-state index in [1.54, 1.807) is 12.1 Å². The maximum atomic E-state index is 9.45. The van der Waals surface area contributed by atoms with Crippen LogP contribution >= 0.6 is 27.5 Å². The van der Waals surface area contributed by atoms with E-state index in [4.69, 9.17) is 17.3 Å². The molecule has 0 saturated carbocycles. The molecule has 0 aliphatic heterocycles. The minimum Gasteiger partial charge on any atom is -0.383 e. The molecule has 1 aromatic heterocycles. The number of benzene rings is 2. The van der Waals surface area contributed by atoms with E-state index in [1.165, 1.54) is 0 Å². The van der Waals surface area contributed by atoms with Gasteiger partial charge in [0.15, 0.2) is 0 Å². The minimum absolute atomic E-state index is 0.214. The minimum atomic E-state index is 0.214. The van der Waals surface area contributed by atoms with Gasteiger partial charge in [-0.3, -0.25) is 0 Å². The number of nitrogen functional groups attached to an aromatic ring is 1. The van der Waals surface area contributed by atoms with Gasteiger partial charge in [0.25, 0.3) is 0 Å². The fourth-order valence-electron chi connectivity index (χ4n) is 2.34. The van der Waals surface area contributed by atoms with Gasteiger partial charge in [-0.2, -0.15) is 5.26 Å². The molecule has 0 radical (unpaired) electrons. The van der Waals surface area contributed by atoms with Crippen molar-refractivity contribution in [2.24, 2.45) is 0 Å². The summed E-state index contributed by atoms with van der Waals surface area (Å²) < 4.78 is 0.893. The fraction of sp³-hybridized carbons (Fsp3) is 0. The number of nitriles is 1. The lowest BCUT2D eigenvalue weighted by molar-refractivity contribution is 1.31. The molecule has 0 unspecified atom stereocenters. The summed E-state index contributed by atoms with van der Waals surface area (Å²) in [5, 5.41) is 10.1. The summed E-state index contributed by atoms with van der Waals surface area (Å²) in [7, 11) is 0. The van der Waals surface area contributed by atoms with Crippen molar-refractivity contribution in [1.82, 2.24) is 4.98 Å². The second kappa shape index (κ2) is 6.41. The summed E-state index contributed by atoms with van der Waals surface area (Å²) in [5.74, 6) is 0.214. The lowest BCUT2D eigenvalue weighted by atomic mass is 9.98. The second-order valence-corrected chi connectivity index (χ2v) is 6.20. The average Bonchev–Trinajstić information content (AvgIpc) is 2.55. The highest BCUT2D eigenvalue weighted by molar-refractivity contribution is 9.10. The Balaban J connectivity index is 2.25. The first-order valence-corrected chi connectivity index (χ1v) is 7.98. The standard InChI is InChI=1S/C18H11BrClN3/c19-16-4-2-1-3-13(16)14-9-17(23-18(22)15(14)10-21)11-5-7-12(20)8-6-11/h1-9H,(H2,22,23). The van der Waals surface area contributed by atoms with E-state index in [2.05, 4.69) is 27.0 Å². The molecule has 0 spiro atoms. The number of rotatable bonds is 2. The molecule has 0 fully saturated rings. The van der Waals surface area contributed by atoms with Crippen LogP contribution in [-0.4, -0.2) is 4.98 Å². The summed E-state index contributed by atoms with van der Waals surface area (Å²) in [6.45, 7) is 0. The molecule has 0 saturated heterocycles. The van der Waals surface area contributed by atoms with Crippen molar-refractivity contribution in [1.29, 1.82) is 5.26 Å². The van der Waals surface area contributed by atoms with Gasteiger partial charge < -0.3 is 5.73 Å². The molecular weight excluding hydrogens is 374 g/mol. The van der Waals surface area contributed by atoms with E-state index in [1.807, 2.05) is 42.5 Å². The van der Waals surface area contributed by atoms with Crippen LogP contribution < -0.4 is 5.73 Å². The van der Waals surface area contributed by atoms with Crippen molar-refractivity contribution >= 4 is 33.3 Å². The van der Waals surface area contributed by atoms with Gasteiger partial charge in [-0.05, 0) is 29.8 Å². The molecule has 0 amide bonds. The van der Waals surface area contributed by atoms with E-state index in [9.17, 15) is 5.26 Å². The number of nitrogens with zero attached hydrogens (tertiary/aromatic N) is 2. The predicted molar refractivity (Wildman–Crippen MR) is 96.9 cm³/mol. The monoisotopic (exact) mass is 383 g/mol. The Bertz CT molecular complexity index is 915. The third kappa shape index (κ3) is 3.07. The fourth-order valence-corrected chi connectivity index (χ4v) is 2.97. The van der Waals surface area contributed by atoms with E-state index in [0.717, 1.165) is 21.2 Å². The maximum absolute atomic E-state index is 9.45. The van der Waals surface area contributed by atoms with E-state index >= 15 is 0 Å². The quantitative estimate of drug-likeness (QED) is 0.653. The van der Waals surface area contributed by atoms with Crippen LogP contribution in [-0.2, 0) is 0 Å². The predicted octanol–water partition coefficient (Wildman–Crippen LogP) is 5.29. The van der Waals surface area contributed by atoms with Crippen LogP contribution in [0.4, 0.5) is 5.82 Å². The number of aromatic nitrogens is 1. The molecule has 112 valence electrons. The van der Waals surface area contributed by atoms with Crippen LogP contribution in [0.25, 0.3) is 22.4 Å². The average molecular weight is 385 g/mol. The van der Waals surface area contributed by atoms with Gasteiger partial charge in [0, 0.05) is 20.6 Å². The van der Waals surface area contributed by atoms with E-state index in [0.29, 0.717) is 16.3 Å². The van der Waals surface area contributed by atoms with Crippen LogP contribution in [0.15, 0.2) is 59.1 Å². The van der Waals surface area contributed by atoms with E-state index in [-0.39, 0.29) is 5.82 Å². The van der Waals surface area contributed by atoms with Crippen molar-refractivity contribution in [3.05, 3.63) is 69.7 Å².